The zero-order valence-corrected chi connectivity index (χ0v) is 13.8. The number of aromatic amines is 1. The van der Waals surface area contributed by atoms with E-state index >= 15 is 0 Å². The first-order chi connectivity index (χ1) is 11.5. The first-order valence-corrected chi connectivity index (χ1v) is 8.25. The predicted octanol–water partition coefficient (Wildman–Crippen LogP) is 2.10. The zero-order valence-electron chi connectivity index (χ0n) is 13.8. The Hall–Kier alpha value is -2.57. The van der Waals surface area contributed by atoms with Gasteiger partial charge in [0, 0.05) is 30.8 Å². The van der Waals surface area contributed by atoms with Crippen LogP contribution in [0.5, 0.6) is 0 Å². The molecule has 2 aromatic rings. The van der Waals surface area contributed by atoms with E-state index in [9.17, 15) is 14.4 Å². The number of nitrogens with one attached hydrogen (secondary N) is 2. The number of benzene rings is 1. The van der Waals surface area contributed by atoms with E-state index in [2.05, 4.69) is 24.1 Å². The van der Waals surface area contributed by atoms with Crippen molar-refractivity contribution in [2.24, 2.45) is 5.92 Å². The molecule has 2 amide bonds. The third-order valence-corrected chi connectivity index (χ3v) is 4.60. The quantitative estimate of drug-likeness (QED) is 0.877. The van der Waals surface area contributed by atoms with Crippen molar-refractivity contribution < 1.29 is 14.0 Å². The summed E-state index contributed by atoms with van der Waals surface area (Å²) in [5.41, 5.74) is 1.51. The number of rotatable bonds is 5. The number of likely N-dealkylation sites (tertiary alicyclic amines) is 1. The second-order valence-electron chi connectivity index (χ2n) is 6.13. The largest absolute Gasteiger partial charge is 0.417 e. The van der Waals surface area contributed by atoms with Gasteiger partial charge in [-0.25, -0.2) is 4.79 Å². The van der Waals surface area contributed by atoms with Gasteiger partial charge in [0.05, 0.1) is 11.4 Å². The summed E-state index contributed by atoms with van der Waals surface area (Å²) in [6.45, 7) is 4.56. The van der Waals surface area contributed by atoms with Crippen LogP contribution in [0.1, 0.15) is 33.1 Å². The van der Waals surface area contributed by atoms with Gasteiger partial charge in [-0.15, -0.1) is 0 Å². The molecule has 1 aliphatic rings. The highest BCUT2D eigenvalue weighted by Crippen LogP contribution is 2.25. The number of nitrogens with zero attached hydrogens (tertiary/aromatic N) is 1. The smallest absolute Gasteiger partial charge is 0.408 e. The second kappa shape index (κ2) is 6.51. The second-order valence-corrected chi connectivity index (χ2v) is 6.13. The van der Waals surface area contributed by atoms with Crippen LogP contribution in [0, 0.1) is 5.92 Å². The summed E-state index contributed by atoms with van der Waals surface area (Å²) in [6, 6.07) is 5.16. The first-order valence-electron chi connectivity index (χ1n) is 8.25. The van der Waals surface area contributed by atoms with Crippen LogP contribution in [0.4, 0.5) is 5.69 Å². The third-order valence-electron chi connectivity index (χ3n) is 4.60. The van der Waals surface area contributed by atoms with Crippen molar-refractivity contribution in [3.05, 3.63) is 28.7 Å². The topological polar surface area (TPSA) is 95.4 Å². The Bertz CT molecular complexity index is 819. The maximum absolute atomic E-state index is 12.5. The van der Waals surface area contributed by atoms with Crippen molar-refractivity contribution in [1.82, 2.24) is 9.88 Å². The summed E-state index contributed by atoms with van der Waals surface area (Å²) < 4.78 is 4.99. The highest BCUT2D eigenvalue weighted by molar-refractivity contribution is 5.98. The number of hydrogen-bond acceptors (Lipinski definition) is 4. The third kappa shape index (κ3) is 3.06. The molecule has 2 N–H and O–H groups in total. The minimum absolute atomic E-state index is 0.0379. The van der Waals surface area contributed by atoms with E-state index in [1.54, 1.807) is 18.2 Å². The van der Waals surface area contributed by atoms with Gasteiger partial charge < -0.3 is 14.6 Å². The molecular formula is C17H21N3O4. The molecule has 128 valence electrons. The van der Waals surface area contributed by atoms with Crippen LogP contribution in [-0.4, -0.2) is 34.3 Å². The van der Waals surface area contributed by atoms with E-state index in [1.807, 2.05) is 4.90 Å². The van der Waals surface area contributed by atoms with Crippen LogP contribution in [0.15, 0.2) is 27.4 Å². The summed E-state index contributed by atoms with van der Waals surface area (Å²) in [5.74, 6) is -1.03. The van der Waals surface area contributed by atoms with Gasteiger partial charge in [-0.2, -0.15) is 0 Å². The molecular weight excluding hydrogens is 310 g/mol. The Morgan fingerprint density at radius 1 is 1.38 bits per heavy atom. The fourth-order valence-electron chi connectivity index (χ4n) is 3.26. The van der Waals surface area contributed by atoms with Gasteiger partial charge in [-0.1, -0.05) is 13.8 Å². The van der Waals surface area contributed by atoms with Gasteiger partial charge in [0.1, 0.15) is 0 Å². The fourth-order valence-corrected chi connectivity index (χ4v) is 3.26. The molecule has 0 saturated carbocycles. The summed E-state index contributed by atoms with van der Waals surface area (Å²) in [6.07, 6.45) is 2.02. The van der Waals surface area contributed by atoms with E-state index < -0.39 is 5.76 Å². The molecule has 7 heteroatoms. The lowest BCUT2D eigenvalue weighted by molar-refractivity contribution is -0.130. The van der Waals surface area contributed by atoms with Crippen LogP contribution < -0.4 is 11.1 Å². The number of anilines is 1. The monoisotopic (exact) mass is 331 g/mol. The van der Waals surface area contributed by atoms with Crippen LogP contribution in [-0.2, 0) is 9.59 Å². The normalized spacial score (nSPS) is 17.9. The highest BCUT2D eigenvalue weighted by atomic mass is 16.4. The van der Waals surface area contributed by atoms with Gasteiger partial charge >= 0.3 is 5.76 Å². The number of H-pyrrole nitrogens is 1. The molecule has 1 aromatic heterocycles. The minimum Gasteiger partial charge on any atom is -0.408 e. The average molecular weight is 331 g/mol. The lowest BCUT2D eigenvalue weighted by Crippen LogP contribution is -2.36. The Kier molecular flexibility index (Phi) is 4.42. The fraction of sp³-hybridized carbons (Fsp3) is 0.471. The van der Waals surface area contributed by atoms with Gasteiger partial charge in [0.2, 0.25) is 11.8 Å². The Labute approximate surface area is 139 Å². The number of carbonyl (C=O) groups excluding carboxylic acids is 2. The number of carbonyl (C=O) groups is 2. The molecule has 1 saturated heterocycles. The first kappa shape index (κ1) is 16.3. The van der Waals surface area contributed by atoms with Crippen LogP contribution in [0.2, 0.25) is 0 Å². The molecule has 24 heavy (non-hydrogen) atoms. The van der Waals surface area contributed by atoms with Gasteiger partial charge in [0.15, 0.2) is 5.58 Å². The van der Waals surface area contributed by atoms with E-state index in [0.29, 0.717) is 23.3 Å². The van der Waals surface area contributed by atoms with Gasteiger partial charge in [-0.05, 0) is 25.0 Å². The summed E-state index contributed by atoms with van der Waals surface area (Å²) in [5, 5.41) is 2.81. The van der Waals surface area contributed by atoms with Crippen LogP contribution in [0.25, 0.3) is 11.1 Å². The Morgan fingerprint density at radius 3 is 2.83 bits per heavy atom. The lowest BCUT2D eigenvalue weighted by atomic mass is 10.1. The molecule has 1 atom stereocenters. The standard InChI is InChI=1S/C17H21N3O4/c1-3-12(4-2)20-9-10(7-15(20)21)16(22)18-11-5-6-13-14(8-11)24-17(23)19-13/h5-6,8,10,12H,3-4,7,9H2,1-2H3,(H,18,22)(H,19,23). The average Bonchev–Trinajstić information content (AvgIpc) is 3.11. The van der Waals surface area contributed by atoms with Crippen molar-refractivity contribution in [2.45, 2.75) is 39.2 Å². The summed E-state index contributed by atoms with van der Waals surface area (Å²) >= 11 is 0. The maximum Gasteiger partial charge on any atom is 0.417 e. The number of oxazole rings is 1. The van der Waals surface area contributed by atoms with Gasteiger partial charge in [-0.3, -0.25) is 14.6 Å². The molecule has 0 spiro atoms. The van der Waals surface area contributed by atoms with Crippen molar-refractivity contribution in [1.29, 1.82) is 0 Å². The minimum atomic E-state index is -0.532. The van der Waals surface area contributed by atoms with Crippen molar-refractivity contribution in [3.8, 4) is 0 Å². The number of hydrogen-bond donors (Lipinski definition) is 2. The van der Waals surface area contributed by atoms with E-state index in [1.165, 1.54) is 0 Å². The Balaban J connectivity index is 1.70. The van der Waals surface area contributed by atoms with E-state index in [0.717, 1.165) is 12.8 Å². The molecule has 1 aliphatic heterocycles. The van der Waals surface area contributed by atoms with Crippen LogP contribution >= 0.6 is 0 Å². The number of aromatic nitrogens is 1. The molecule has 0 aliphatic carbocycles. The van der Waals surface area contributed by atoms with Crippen molar-refractivity contribution in [3.63, 3.8) is 0 Å². The van der Waals surface area contributed by atoms with Crippen molar-refractivity contribution >= 4 is 28.6 Å². The van der Waals surface area contributed by atoms with Crippen molar-refractivity contribution in [2.75, 3.05) is 11.9 Å². The Morgan fingerprint density at radius 2 is 2.12 bits per heavy atom. The highest BCUT2D eigenvalue weighted by Gasteiger charge is 2.36. The molecule has 2 heterocycles. The molecule has 1 aromatic carbocycles. The molecule has 1 fully saturated rings. The van der Waals surface area contributed by atoms with E-state index in [-0.39, 0.29) is 30.2 Å². The van der Waals surface area contributed by atoms with E-state index in [4.69, 9.17) is 4.42 Å². The molecule has 3 rings (SSSR count). The maximum atomic E-state index is 12.5. The number of amides is 2. The van der Waals surface area contributed by atoms with Gasteiger partial charge in [0.25, 0.3) is 0 Å². The summed E-state index contributed by atoms with van der Waals surface area (Å²) in [4.78, 5) is 40.2. The molecule has 7 nitrogen and oxygen atoms in total. The number of fused-ring (bicyclic) bond motifs is 1. The summed E-state index contributed by atoms with van der Waals surface area (Å²) in [7, 11) is 0. The molecule has 0 bridgehead atoms. The molecule has 1 unspecified atom stereocenters. The lowest BCUT2D eigenvalue weighted by Gasteiger charge is -2.26. The SMILES string of the molecule is CCC(CC)N1CC(C(=O)Nc2ccc3[nH]c(=O)oc3c2)CC1=O. The molecule has 0 radical (unpaired) electrons. The zero-order chi connectivity index (χ0) is 17.3. The van der Waals surface area contributed by atoms with Crippen LogP contribution in [0.3, 0.4) is 0 Å². The predicted molar refractivity (Wildman–Crippen MR) is 89.7 cm³/mol.